The second-order valence-corrected chi connectivity index (χ2v) is 6.09. The van der Waals surface area contributed by atoms with Crippen molar-refractivity contribution in [1.82, 2.24) is 0 Å². The molecule has 94 valence electrons. The molecule has 0 aromatic carbocycles. The van der Waals surface area contributed by atoms with E-state index < -0.39 is 11.1 Å². The standard InChI is InChI=1S/C13H25NO2/c1-10(2)11-4-3-5-13(15,8-11)12(14)6-7-16-9-12/h10-11,15H,3-9,14H2,1-2H3. The fourth-order valence-electron chi connectivity index (χ4n) is 3.26. The van der Waals surface area contributed by atoms with E-state index in [1.165, 1.54) is 6.42 Å². The van der Waals surface area contributed by atoms with Crippen LogP contribution < -0.4 is 5.73 Å². The van der Waals surface area contributed by atoms with E-state index in [0.29, 0.717) is 25.0 Å². The van der Waals surface area contributed by atoms with E-state index >= 15 is 0 Å². The van der Waals surface area contributed by atoms with Crippen molar-refractivity contribution in [2.75, 3.05) is 13.2 Å². The minimum absolute atomic E-state index is 0.499. The quantitative estimate of drug-likeness (QED) is 0.754. The zero-order valence-corrected chi connectivity index (χ0v) is 10.5. The number of ether oxygens (including phenoxy) is 1. The number of rotatable bonds is 2. The summed E-state index contributed by atoms with van der Waals surface area (Å²) in [5.41, 5.74) is 5.16. The zero-order chi connectivity index (χ0) is 11.8. The van der Waals surface area contributed by atoms with Crippen molar-refractivity contribution < 1.29 is 9.84 Å². The maximum absolute atomic E-state index is 10.8. The molecule has 0 aromatic heterocycles. The average Bonchev–Trinajstić information content (AvgIpc) is 2.67. The summed E-state index contributed by atoms with van der Waals surface area (Å²) >= 11 is 0. The summed E-state index contributed by atoms with van der Waals surface area (Å²) in [5.74, 6) is 1.25. The maximum atomic E-state index is 10.8. The van der Waals surface area contributed by atoms with Gasteiger partial charge in [0, 0.05) is 6.61 Å². The molecule has 0 amide bonds. The molecule has 0 aromatic rings. The zero-order valence-electron chi connectivity index (χ0n) is 10.5. The van der Waals surface area contributed by atoms with Crippen molar-refractivity contribution in [2.24, 2.45) is 17.6 Å². The van der Waals surface area contributed by atoms with Crippen LogP contribution in [0.2, 0.25) is 0 Å². The minimum Gasteiger partial charge on any atom is -0.388 e. The summed E-state index contributed by atoms with van der Waals surface area (Å²) < 4.78 is 5.39. The molecule has 1 saturated heterocycles. The maximum Gasteiger partial charge on any atom is 0.0852 e. The lowest BCUT2D eigenvalue weighted by Crippen LogP contribution is -2.63. The Morgan fingerprint density at radius 2 is 2.12 bits per heavy atom. The Hall–Kier alpha value is -0.120. The predicted molar refractivity (Wildman–Crippen MR) is 64.1 cm³/mol. The second-order valence-electron chi connectivity index (χ2n) is 6.09. The van der Waals surface area contributed by atoms with Gasteiger partial charge >= 0.3 is 0 Å². The molecule has 1 aliphatic carbocycles. The Balaban J connectivity index is 2.11. The highest BCUT2D eigenvalue weighted by molar-refractivity contribution is 5.08. The van der Waals surface area contributed by atoms with Crippen LogP contribution in [-0.4, -0.2) is 29.5 Å². The Morgan fingerprint density at radius 3 is 2.69 bits per heavy atom. The molecule has 0 spiro atoms. The molecular formula is C13H25NO2. The normalized spacial score (nSPS) is 45.2. The summed E-state index contributed by atoms with van der Waals surface area (Å²) in [4.78, 5) is 0. The van der Waals surface area contributed by atoms with Crippen LogP contribution in [0.4, 0.5) is 0 Å². The van der Waals surface area contributed by atoms with Gasteiger partial charge in [0.1, 0.15) is 0 Å². The van der Waals surface area contributed by atoms with E-state index in [4.69, 9.17) is 10.5 Å². The fraction of sp³-hybridized carbons (Fsp3) is 1.00. The Kier molecular flexibility index (Phi) is 3.30. The van der Waals surface area contributed by atoms with Gasteiger partial charge in [0.25, 0.3) is 0 Å². The van der Waals surface area contributed by atoms with Crippen molar-refractivity contribution in [2.45, 2.75) is 57.1 Å². The Labute approximate surface area is 98.4 Å². The monoisotopic (exact) mass is 227 g/mol. The average molecular weight is 227 g/mol. The first-order valence-electron chi connectivity index (χ1n) is 6.56. The third-order valence-corrected chi connectivity index (χ3v) is 4.69. The van der Waals surface area contributed by atoms with Crippen LogP contribution in [0, 0.1) is 11.8 Å². The fourth-order valence-corrected chi connectivity index (χ4v) is 3.26. The number of hydrogen-bond donors (Lipinski definition) is 2. The van der Waals surface area contributed by atoms with Gasteiger partial charge in [0.2, 0.25) is 0 Å². The SMILES string of the molecule is CC(C)C1CCCC(O)(C2(N)CCOC2)C1. The third kappa shape index (κ3) is 2.01. The lowest BCUT2D eigenvalue weighted by Gasteiger charge is -2.47. The highest BCUT2D eigenvalue weighted by Crippen LogP contribution is 2.43. The molecule has 2 rings (SSSR count). The smallest absolute Gasteiger partial charge is 0.0852 e. The highest BCUT2D eigenvalue weighted by Gasteiger charge is 2.52. The van der Waals surface area contributed by atoms with Gasteiger partial charge in [-0.2, -0.15) is 0 Å². The minimum atomic E-state index is -0.698. The summed E-state index contributed by atoms with van der Waals surface area (Å²) in [6.45, 7) is 5.70. The van der Waals surface area contributed by atoms with Gasteiger partial charge in [-0.15, -0.1) is 0 Å². The molecule has 1 heterocycles. The molecule has 0 radical (unpaired) electrons. The van der Waals surface area contributed by atoms with Gasteiger partial charge in [0.05, 0.1) is 17.7 Å². The molecule has 2 aliphatic rings. The summed E-state index contributed by atoms with van der Waals surface area (Å²) in [6, 6.07) is 0. The van der Waals surface area contributed by atoms with E-state index in [0.717, 1.165) is 25.7 Å². The van der Waals surface area contributed by atoms with Gasteiger partial charge in [-0.3, -0.25) is 0 Å². The molecule has 3 nitrogen and oxygen atoms in total. The van der Waals surface area contributed by atoms with Crippen LogP contribution in [0.15, 0.2) is 0 Å². The van der Waals surface area contributed by atoms with E-state index in [9.17, 15) is 5.11 Å². The predicted octanol–water partition coefficient (Wildman–Crippen LogP) is 1.68. The first-order chi connectivity index (χ1) is 7.47. The van der Waals surface area contributed by atoms with Crippen LogP contribution in [0.5, 0.6) is 0 Å². The van der Waals surface area contributed by atoms with Crippen LogP contribution in [0.1, 0.15) is 46.0 Å². The summed E-state index contributed by atoms with van der Waals surface area (Å²) in [5, 5.41) is 10.8. The molecule has 2 fully saturated rings. The second kappa shape index (κ2) is 4.28. The van der Waals surface area contributed by atoms with Crippen molar-refractivity contribution in [1.29, 1.82) is 0 Å². The van der Waals surface area contributed by atoms with E-state index in [1.54, 1.807) is 0 Å². The lowest BCUT2D eigenvalue weighted by molar-refractivity contribution is -0.0858. The molecule has 16 heavy (non-hydrogen) atoms. The van der Waals surface area contributed by atoms with Gasteiger partial charge in [0.15, 0.2) is 0 Å². The Morgan fingerprint density at radius 1 is 1.38 bits per heavy atom. The molecule has 3 heteroatoms. The van der Waals surface area contributed by atoms with Crippen molar-refractivity contribution in [3.05, 3.63) is 0 Å². The Bertz CT molecular complexity index is 248. The highest BCUT2D eigenvalue weighted by atomic mass is 16.5. The van der Waals surface area contributed by atoms with Crippen LogP contribution >= 0.6 is 0 Å². The van der Waals surface area contributed by atoms with E-state index in [-0.39, 0.29) is 0 Å². The number of nitrogens with two attached hydrogens (primary N) is 1. The van der Waals surface area contributed by atoms with Gasteiger partial charge in [-0.1, -0.05) is 20.3 Å². The number of hydrogen-bond acceptors (Lipinski definition) is 3. The van der Waals surface area contributed by atoms with Gasteiger partial charge in [-0.05, 0) is 37.5 Å². The number of aliphatic hydroxyl groups is 1. The molecule has 0 bridgehead atoms. The van der Waals surface area contributed by atoms with E-state index in [2.05, 4.69) is 13.8 Å². The van der Waals surface area contributed by atoms with E-state index in [1.807, 2.05) is 0 Å². The third-order valence-electron chi connectivity index (χ3n) is 4.69. The summed E-state index contributed by atoms with van der Waals surface area (Å²) in [7, 11) is 0. The molecule has 3 N–H and O–H groups in total. The van der Waals surface area contributed by atoms with Gasteiger partial charge in [-0.25, -0.2) is 0 Å². The first kappa shape index (κ1) is 12.3. The van der Waals surface area contributed by atoms with Crippen molar-refractivity contribution in [3.63, 3.8) is 0 Å². The molecule has 1 saturated carbocycles. The summed E-state index contributed by atoms with van der Waals surface area (Å²) in [6.07, 6.45) is 4.82. The largest absolute Gasteiger partial charge is 0.388 e. The molecule has 1 aliphatic heterocycles. The molecule has 3 unspecified atom stereocenters. The first-order valence-corrected chi connectivity index (χ1v) is 6.56. The van der Waals surface area contributed by atoms with Crippen LogP contribution in [-0.2, 0) is 4.74 Å². The van der Waals surface area contributed by atoms with Crippen molar-refractivity contribution >= 4 is 0 Å². The lowest BCUT2D eigenvalue weighted by atomic mass is 9.65. The molecule has 3 atom stereocenters. The topological polar surface area (TPSA) is 55.5 Å². The molecular weight excluding hydrogens is 202 g/mol. The van der Waals surface area contributed by atoms with Crippen LogP contribution in [0.25, 0.3) is 0 Å². The van der Waals surface area contributed by atoms with Gasteiger partial charge < -0.3 is 15.6 Å². The van der Waals surface area contributed by atoms with Crippen LogP contribution in [0.3, 0.4) is 0 Å². The van der Waals surface area contributed by atoms with Crippen molar-refractivity contribution in [3.8, 4) is 0 Å².